The number of hydrogen-bond acceptors (Lipinski definition) is 5. The minimum absolute atomic E-state index is 0.00734. The summed E-state index contributed by atoms with van der Waals surface area (Å²) in [5, 5.41) is 3.75. The number of pyridine rings is 1. The largest absolute Gasteiger partial charge is 0.325 e. The number of hydrogen-bond donors (Lipinski definition) is 1. The molecule has 0 atom stereocenters. The second-order valence-corrected chi connectivity index (χ2v) is 9.31. The van der Waals surface area contributed by atoms with E-state index in [1.165, 1.54) is 0 Å². The van der Waals surface area contributed by atoms with Crippen molar-refractivity contribution in [1.82, 2.24) is 19.9 Å². The molecular weight excluding hydrogens is 410 g/mol. The second kappa shape index (κ2) is 8.73. The standard InChI is InChI=1S/C24H26ClN5O/c1-24(2,3)23(31)29-20-8-10-26-12-17(20)14-30-11-9-21-18(15-30)13-27-22(28-21)16-4-6-19(25)7-5-16/h4-8,10,12-13H,9,11,14-15H2,1-3H3,(H,26,29,31). The highest BCUT2D eigenvalue weighted by atomic mass is 35.5. The Morgan fingerprint density at radius 3 is 2.68 bits per heavy atom. The first-order valence-corrected chi connectivity index (χ1v) is 10.7. The van der Waals surface area contributed by atoms with Gasteiger partial charge in [0.1, 0.15) is 0 Å². The summed E-state index contributed by atoms with van der Waals surface area (Å²) < 4.78 is 0. The fourth-order valence-electron chi connectivity index (χ4n) is 3.47. The zero-order chi connectivity index (χ0) is 22.0. The summed E-state index contributed by atoms with van der Waals surface area (Å²) in [7, 11) is 0. The molecule has 0 spiro atoms. The third-order valence-electron chi connectivity index (χ3n) is 5.34. The number of nitrogens with zero attached hydrogens (tertiary/aromatic N) is 4. The molecule has 2 aromatic heterocycles. The molecule has 0 bridgehead atoms. The van der Waals surface area contributed by atoms with Crippen LogP contribution in [0.5, 0.6) is 0 Å². The predicted molar refractivity (Wildman–Crippen MR) is 123 cm³/mol. The average molecular weight is 436 g/mol. The van der Waals surface area contributed by atoms with E-state index >= 15 is 0 Å². The highest BCUT2D eigenvalue weighted by molar-refractivity contribution is 6.30. The second-order valence-electron chi connectivity index (χ2n) is 8.87. The highest BCUT2D eigenvalue weighted by Gasteiger charge is 2.23. The number of rotatable bonds is 4. The Labute approximate surface area is 187 Å². The van der Waals surface area contributed by atoms with Crippen molar-refractivity contribution in [3.05, 3.63) is 70.8 Å². The van der Waals surface area contributed by atoms with E-state index < -0.39 is 5.41 Å². The van der Waals surface area contributed by atoms with Crippen LogP contribution >= 0.6 is 11.6 Å². The van der Waals surface area contributed by atoms with Crippen LogP contribution in [0.3, 0.4) is 0 Å². The minimum atomic E-state index is -0.455. The van der Waals surface area contributed by atoms with E-state index in [2.05, 4.69) is 20.2 Å². The van der Waals surface area contributed by atoms with Gasteiger partial charge in [-0.25, -0.2) is 9.97 Å². The molecule has 0 saturated carbocycles. The number of benzene rings is 1. The summed E-state index contributed by atoms with van der Waals surface area (Å²) >= 11 is 5.98. The number of halogens is 1. The summed E-state index contributed by atoms with van der Waals surface area (Å²) in [5.74, 6) is 0.718. The topological polar surface area (TPSA) is 71.0 Å². The molecule has 1 aromatic carbocycles. The molecule has 6 nitrogen and oxygen atoms in total. The third-order valence-corrected chi connectivity index (χ3v) is 5.59. The van der Waals surface area contributed by atoms with Gasteiger partial charge in [0.2, 0.25) is 5.91 Å². The van der Waals surface area contributed by atoms with E-state index in [0.29, 0.717) is 11.6 Å². The van der Waals surface area contributed by atoms with Gasteiger partial charge < -0.3 is 5.32 Å². The number of nitrogens with one attached hydrogen (secondary N) is 1. The lowest BCUT2D eigenvalue weighted by Gasteiger charge is -2.29. The molecule has 4 rings (SSSR count). The van der Waals surface area contributed by atoms with Crippen molar-refractivity contribution >= 4 is 23.2 Å². The SMILES string of the molecule is CC(C)(C)C(=O)Nc1ccncc1CN1CCc2nc(-c3ccc(Cl)cc3)ncc2C1. The maximum atomic E-state index is 12.4. The number of carbonyl (C=O) groups is 1. The molecule has 160 valence electrons. The van der Waals surface area contributed by atoms with Gasteiger partial charge in [-0.2, -0.15) is 0 Å². The van der Waals surface area contributed by atoms with Crippen LogP contribution in [0, 0.1) is 5.41 Å². The smallest absolute Gasteiger partial charge is 0.229 e. The molecular formula is C24H26ClN5O. The fraction of sp³-hybridized carbons (Fsp3) is 0.333. The lowest BCUT2D eigenvalue weighted by Crippen LogP contribution is -2.32. The molecule has 1 aliphatic rings. The number of fused-ring (bicyclic) bond motifs is 1. The van der Waals surface area contributed by atoms with Crippen molar-refractivity contribution in [3.8, 4) is 11.4 Å². The van der Waals surface area contributed by atoms with Crippen LogP contribution in [0.1, 0.15) is 37.6 Å². The highest BCUT2D eigenvalue weighted by Crippen LogP contribution is 2.25. The third kappa shape index (κ3) is 5.09. The Hall–Kier alpha value is -2.83. The summed E-state index contributed by atoms with van der Waals surface area (Å²) in [6, 6.07) is 9.44. The number of carbonyl (C=O) groups excluding carboxylic acids is 1. The Morgan fingerprint density at radius 2 is 1.94 bits per heavy atom. The fourth-order valence-corrected chi connectivity index (χ4v) is 3.60. The Kier molecular flexibility index (Phi) is 6.03. The van der Waals surface area contributed by atoms with Crippen molar-refractivity contribution in [3.63, 3.8) is 0 Å². The van der Waals surface area contributed by atoms with Gasteiger partial charge in [-0.05, 0) is 30.3 Å². The van der Waals surface area contributed by atoms with Crippen LogP contribution in [0.4, 0.5) is 5.69 Å². The Bertz CT molecular complexity index is 1090. The van der Waals surface area contributed by atoms with E-state index in [0.717, 1.165) is 53.4 Å². The van der Waals surface area contributed by atoms with Gasteiger partial charge >= 0.3 is 0 Å². The van der Waals surface area contributed by atoms with Crippen molar-refractivity contribution in [1.29, 1.82) is 0 Å². The molecule has 31 heavy (non-hydrogen) atoms. The average Bonchev–Trinajstić information content (AvgIpc) is 2.74. The lowest BCUT2D eigenvalue weighted by molar-refractivity contribution is -0.123. The maximum absolute atomic E-state index is 12.4. The molecule has 7 heteroatoms. The predicted octanol–water partition coefficient (Wildman–Crippen LogP) is 4.73. The minimum Gasteiger partial charge on any atom is -0.325 e. The quantitative estimate of drug-likeness (QED) is 0.641. The maximum Gasteiger partial charge on any atom is 0.229 e. The van der Waals surface area contributed by atoms with Crippen molar-refractivity contribution in [2.75, 3.05) is 11.9 Å². The Balaban J connectivity index is 1.48. The first-order valence-electron chi connectivity index (χ1n) is 10.4. The van der Waals surface area contributed by atoms with Crippen molar-refractivity contribution in [2.24, 2.45) is 5.41 Å². The van der Waals surface area contributed by atoms with E-state index in [1.54, 1.807) is 6.20 Å². The van der Waals surface area contributed by atoms with Crippen LogP contribution in [0.2, 0.25) is 5.02 Å². The van der Waals surface area contributed by atoms with Crippen molar-refractivity contribution < 1.29 is 4.79 Å². The van der Waals surface area contributed by atoms with E-state index in [-0.39, 0.29) is 5.91 Å². The first kappa shape index (κ1) is 21.4. The zero-order valence-corrected chi connectivity index (χ0v) is 18.8. The van der Waals surface area contributed by atoms with Gasteiger partial charge in [0.05, 0.1) is 5.69 Å². The van der Waals surface area contributed by atoms with Crippen LogP contribution in [0.25, 0.3) is 11.4 Å². The number of amides is 1. The van der Waals surface area contributed by atoms with E-state index in [1.807, 2.05) is 63.5 Å². The Morgan fingerprint density at radius 1 is 1.16 bits per heavy atom. The van der Waals surface area contributed by atoms with Gasteiger partial charge in [0.15, 0.2) is 5.82 Å². The molecule has 0 aliphatic carbocycles. The summed E-state index contributed by atoms with van der Waals surface area (Å²) in [4.78, 5) is 28.4. The molecule has 1 N–H and O–H groups in total. The lowest BCUT2D eigenvalue weighted by atomic mass is 9.95. The van der Waals surface area contributed by atoms with Gasteiger partial charge in [0, 0.05) is 77.5 Å². The number of aromatic nitrogens is 3. The van der Waals surface area contributed by atoms with Gasteiger partial charge in [-0.15, -0.1) is 0 Å². The molecule has 1 aliphatic heterocycles. The molecule has 3 aromatic rings. The normalized spacial score (nSPS) is 14.2. The molecule has 3 heterocycles. The summed E-state index contributed by atoms with van der Waals surface area (Å²) in [5.41, 5.74) is 4.54. The number of anilines is 1. The van der Waals surface area contributed by atoms with Crippen LogP contribution in [-0.4, -0.2) is 32.3 Å². The monoisotopic (exact) mass is 435 g/mol. The summed E-state index contributed by atoms with van der Waals surface area (Å²) in [6.45, 7) is 8.06. The van der Waals surface area contributed by atoms with E-state index in [4.69, 9.17) is 16.6 Å². The molecule has 0 radical (unpaired) electrons. The van der Waals surface area contributed by atoms with E-state index in [9.17, 15) is 4.79 Å². The van der Waals surface area contributed by atoms with Gasteiger partial charge in [-0.3, -0.25) is 14.7 Å². The van der Waals surface area contributed by atoms with Gasteiger partial charge in [0.25, 0.3) is 0 Å². The molecule has 0 saturated heterocycles. The summed E-state index contributed by atoms with van der Waals surface area (Å²) in [6.07, 6.45) is 6.31. The zero-order valence-electron chi connectivity index (χ0n) is 18.0. The van der Waals surface area contributed by atoms with Crippen molar-refractivity contribution in [2.45, 2.75) is 40.3 Å². The molecule has 0 unspecified atom stereocenters. The van der Waals surface area contributed by atoms with Crippen LogP contribution in [-0.2, 0) is 24.3 Å². The first-order chi connectivity index (χ1) is 14.8. The molecule has 0 fully saturated rings. The van der Waals surface area contributed by atoms with Gasteiger partial charge in [-0.1, -0.05) is 32.4 Å². The van der Waals surface area contributed by atoms with Crippen LogP contribution < -0.4 is 5.32 Å². The van der Waals surface area contributed by atoms with Crippen LogP contribution in [0.15, 0.2) is 48.9 Å². The molecule has 1 amide bonds.